The van der Waals surface area contributed by atoms with Crippen LogP contribution in [0.15, 0.2) is 30.3 Å². The van der Waals surface area contributed by atoms with E-state index in [-0.39, 0.29) is 23.3 Å². The first-order valence-electron chi connectivity index (χ1n) is 9.66. The molecule has 27 heavy (non-hydrogen) atoms. The summed E-state index contributed by atoms with van der Waals surface area (Å²) in [4.78, 5) is 14.3. The van der Waals surface area contributed by atoms with Crippen molar-refractivity contribution in [3.63, 3.8) is 0 Å². The number of sulfone groups is 1. The lowest BCUT2D eigenvalue weighted by atomic mass is 9.99. The van der Waals surface area contributed by atoms with Crippen LogP contribution in [0.4, 0.5) is 0 Å². The Morgan fingerprint density at radius 3 is 2.67 bits per heavy atom. The molecule has 144 valence electrons. The Kier molecular flexibility index (Phi) is 4.72. The van der Waals surface area contributed by atoms with Crippen molar-refractivity contribution in [3.8, 4) is 0 Å². The van der Waals surface area contributed by atoms with Gasteiger partial charge in [0.2, 0.25) is 5.78 Å². The van der Waals surface area contributed by atoms with Crippen molar-refractivity contribution < 1.29 is 18.1 Å². The topological polar surface area (TPSA) is 60.6 Å². The average Bonchev–Trinajstić information content (AvgIpc) is 3.13. The predicted octanol–water partition coefficient (Wildman–Crippen LogP) is 1.29. The number of benzene rings is 1. The summed E-state index contributed by atoms with van der Waals surface area (Å²) < 4.78 is 25.8. The molecule has 2 aliphatic rings. The van der Waals surface area contributed by atoms with Crippen molar-refractivity contribution in [2.24, 2.45) is 0 Å². The van der Waals surface area contributed by atoms with Gasteiger partial charge in [0, 0.05) is 35.0 Å². The molecular weight excluding hydrogens is 360 g/mol. The summed E-state index contributed by atoms with van der Waals surface area (Å²) in [5, 5.41) is 0. The average molecular weight is 388 g/mol. The summed E-state index contributed by atoms with van der Waals surface area (Å²) in [6.07, 6.45) is 1.65. The molecule has 0 amide bonds. The Balaban J connectivity index is 1.51. The molecule has 1 aromatic carbocycles. The number of nitrogens with zero attached hydrogens (tertiary/aromatic N) is 1. The van der Waals surface area contributed by atoms with Gasteiger partial charge in [-0.15, -0.1) is 0 Å². The van der Waals surface area contributed by atoms with Crippen LogP contribution >= 0.6 is 0 Å². The van der Waals surface area contributed by atoms with Crippen LogP contribution in [-0.2, 0) is 22.8 Å². The molecule has 1 aromatic heterocycles. The summed E-state index contributed by atoms with van der Waals surface area (Å²) in [5.74, 6) is 0.588. The molecule has 1 saturated heterocycles. The third-order valence-electron chi connectivity index (χ3n) is 6.08. The molecule has 1 unspecified atom stereocenters. The molecule has 5 nitrogen and oxygen atoms in total. The molecule has 1 fully saturated rings. The first-order valence-corrected chi connectivity index (χ1v) is 11.5. The Labute approximate surface area is 160 Å². The van der Waals surface area contributed by atoms with E-state index in [0.29, 0.717) is 13.0 Å². The highest BCUT2D eigenvalue weighted by molar-refractivity contribution is 7.91. The number of quaternary nitrogens is 1. The van der Waals surface area contributed by atoms with E-state index < -0.39 is 9.84 Å². The van der Waals surface area contributed by atoms with Gasteiger partial charge in [0.05, 0.1) is 18.1 Å². The molecule has 3 heterocycles. The number of carbonyl (C=O) groups excluding carboxylic acids is 1. The highest BCUT2D eigenvalue weighted by Gasteiger charge is 2.32. The minimum Gasteiger partial charge on any atom is -0.344 e. The molecule has 0 aliphatic carbocycles. The van der Waals surface area contributed by atoms with E-state index in [1.807, 2.05) is 19.9 Å². The number of nitrogens with one attached hydrogen (secondary N) is 1. The number of fused-ring (bicyclic) bond motifs is 1. The van der Waals surface area contributed by atoms with Crippen molar-refractivity contribution in [2.75, 3.05) is 24.6 Å². The van der Waals surface area contributed by atoms with Crippen molar-refractivity contribution in [3.05, 3.63) is 58.4 Å². The maximum absolute atomic E-state index is 13.0. The van der Waals surface area contributed by atoms with Gasteiger partial charge < -0.3 is 9.47 Å². The standard InChI is InChI=1S/C21H26N2O3S/c1-15-11-20(16(2)23(15)19-8-10-27(25,26)14-19)21(24)13-22-9-7-17-5-3-4-6-18(17)12-22/h3-6,11,19H,7-10,12-14H2,1-2H3/p+1/t19-/m0/s1. The van der Waals surface area contributed by atoms with Crippen LogP contribution in [0.2, 0.25) is 0 Å². The maximum Gasteiger partial charge on any atom is 0.218 e. The van der Waals surface area contributed by atoms with Gasteiger partial charge in [0.25, 0.3) is 0 Å². The molecule has 2 aromatic rings. The molecule has 0 spiro atoms. The normalized spacial score (nSPS) is 23.9. The Morgan fingerprint density at radius 1 is 1.22 bits per heavy atom. The molecule has 6 heteroatoms. The lowest BCUT2D eigenvalue weighted by Gasteiger charge is -2.25. The van der Waals surface area contributed by atoms with Gasteiger partial charge in [-0.1, -0.05) is 24.3 Å². The number of aromatic nitrogens is 1. The predicted molar refractivity (Wildman–Crippen MR) is 105 cm³/mol. The zero-order valence-electron chi connectivity index (χ0n) is 16.0. The highest BCUT2D eigenvalue weighted by Crippen LogP contribution is 2.29. The Morgan fingerprint density at radius 2 is 1.96 bits per heavy atom. The van der Waals surface area contributed by atoms with Crippen molar-refractivity contribution in [1.82, 2.24) is 4.57 Å². The van der Waals surface area contributed by atoms with Gasteiger partial charge in [0.15, 0.2) is 9.84 Å². The van der Waals surface area contributed by atoms with E-state index in [2.05, 4.69) is 28.8 Å². The van der Waals surface area contributed by atoms with Crippen LogP contribution in [0.3, 0.4) is 0 Å². The van der Waals surface area contributed by atoms with E-state index in [0.717, 1.165) is 36.5 Å². The van der Waals surface area contributed by atoms with Gasteiger partial charge in [-0.05, 0) is 31.9 Å². The number of rotatable bonds is 4. The van der Waals surface area contributed by atoms with Gasteiger partial charge in [-0.25, -0.2) is 8.42 Å². The summed E-state index contributed by atoms with van der Waals surface area (Å²) >= 11 is 0. The number of hydrogen-bond acceptors (Lipinski definition) is 3. The minimum absolute atomic E-state index is 0.0363. The minimum atomic E-state index is -2.95. The fourth-order valence-corrected chi connectivity index (χ4v) is 6.42. The van der Waals surface area contributed by atoms with Gasteiger partial charge in [-0.2, -0.15) is 0 Å². The molecule has 1 N–H and O–H groups in total. The number of carbonyl (C=O) groups is 1. The van der Waals surface area contributed by atoms with Crippen molar-refractivity contribution in [2.45, 2.75) is 39.3 Å². The van der Waals surface area contributed by atoms with E-state index in [1.54, 1.807) is 0 Å². The van der Waals surface area contributed by atoms with Crippen LogP contribution in [-0.4, -0.2) is 43.4 Å². The van der Waals surface area contributed by atoms with Crippen LogP contribution in [0.1, 0.15) is 45.3 Å². The SMILES string of the molecule is Cc1cc(C(=O)C[NH+]2CCc3ccccc3C2)c(C)n1[C@H]1CCS(=O)(=O)C1. The Hall–Kier alpha value is -1.92. The summed E-state index contributed by atoms with van der Waals surface area (Å²) in [6, 6.07) is 10.4. The van der Waals surface area contributed by atoms with Crippen molar-refractivity contribution >= 4 is 15.6 Å². The lowest BCUT2D eigenvalue weighted by Crippen LogP contribution is -3.12. The zero-order chi connectivity index (χ0) is 19.2. The Bertz CT molecular complexity index is 991. The highest BCUT2D eigenvalue weighted by atomic mass is 32.2. The van der Waals surface area contributed by atoms with E-state index >= 15 is 0 Å². The van der Waals surface area contributed by atoms with E-state index in [1.165, 1.54) is 16.0 Å². The molecule has 2 aliphatic heterocycles. The zero-order valence-corrected chi connectivity index (χ0v) is 16.8. The summed E-state index contributed by atoms with van der Waals surface area (Å²) in [6.45, 7) is 6.27. The smallest absolute Gasteiger partial charge is 0.218 e. The molecule has 0 bridgehead atoms. The molecule has 2 atom stereocenters. The molecule has 0 saturated carbocycles. The van der Waals surface area contributed by atoms with Crippen LogP contribution in [0, 0.1) is 13.8 Å². The third kappa shape index (κ3) is 3.60. The molecule has 4 rings (SSSR count). The third-order valence-corrected chi connectivity index (χ3v) is 7.83. The van der Waals surface area contributed by atoms with Gasteiger partial charge in [-0.3, -0.25) is 4.79 Å². The fraction of sp³-hybridized carbons (Fsp3) is 0.476. The van der Waals surface area contributed by atoms with E-state index in [4.69, 9.17) is 0 Å². The second kappa shape index (κ2) is 6.91. The number of hydrogen-bond donors (Lipinski definition) is 1. The quantitative estimate of drug-likeness (QED) is 0.805. The van der Waals surface area contributed by atoms with Gasteiger partial charge >= 0.3 is 0 Å². The second-order valence-corrected chi connectivity index (χ2v) is 10.2. The lowest BCUT2D eigenvalue weighted by molar-refractivity contribution is -0.907. The second-order valence-electron chi connectivity index (χ2n) is 8.01. The number of Topliss-reactive ketones (excluding diaryl/α,β-unsaturated/α-hetero) is 1. The van der Waals surface area contributed by atoms with Gasteiger partial charge in [0.1, 0.15) is 13.1 Å². The summed E-state index contributed by atoms with van der Waals surface area (Å²) in [7, 11) is -2.95. The largest absolute Gasteiger partial charge is 0.344 e. The number of ketones is 1. The fourth-order valence-electron chi connectivity index (χ4n) is 4.72. The summed E-state index contributed by atoms with van der Waals surface area (Å²) in [5.41, 5.74) is 5.39. The van der Waals surface area contributed by atoms with Crippen LogP contribution in [0.5, 0.6) is 0 Å². The van der Waals surface area contributed by atoms with Crippen LogP contribution in [0.25, 0.3) is 0 Å². The molecule has 0 radical (unpaired) electrons. The first-order chi connectivity index (χ1) is 12.8. The van der Waals surface area contributed by atoms with E-state index in [9.17, 15) is 13.2 Å². The first kappa shape index (κ1) is 18.4. The molecular formula is C21H27N2O3S+. The van der Waals surface area contributed by atoms with Crippen LogP contribution < -0.4 is 4.90 Å². The maximum atomic E-state index is 13.0. The number of aryl methyl sites for hydroxylation is 1. The monoisotopic (exact) mass is 387 g/mol. The van der Waals surface area contributed by atoms with Crippen molar-refractivity contribution in [1.29, 1.82) is 0 Å².